The molecule has 0 bridgehead atoms. The number of para-hydroxylation sites is 2. The molecule has 122 valence electrons. The van der Waals surface area contributed by atoms with Crippen LogP contribution in [-0.4, -0.2) is 42.8 Å². The molecule has 0 aliphatic carbocycles. The van der Waals surface area contributed by atoms with Gasteiger partial charge in [-0.2, -0.15) is 0 Å². The number of amides is 1. The number of piperidine rings is 1. The fourth-order valence-electron chi connectivity index (χ4n) is 2.64. The molecule has 1 amide bonds. The molecule has 1 saturated heterocycles. The van der Waals surface area contributed by atoms with Crippen molar-refractivity contribution in [3.63, 3.8) is 0 Å². The Morgan fingerprint density at radius 3 is 2.59 bits per heavy atom. The molecule has 1 unspecified atom stereocenters. The number of carbonyl (C=O) groups excluding carboxylic acids is 1. The van der Waals surface area contributed by atoms with Crippen LogP contribution in [0.15, 0.2) is 24.3 Å². The summed E-state index contributed by atoms with van der Waals surface area (Å²) in [5.74, 6) is 0. The van der Waals surface area contributed by atoms with Gasteiger partial charge in [0.05, 0.1) is 11.4 Å². The van der Waals surface area contributed by atoms with Gasteiger partial charge >= 0.3 is 6.09 Å². The van der Waals surface area contributed by atoms with E-state index in [0.29, 0.717) is 6.04 Å². The molecule has 0 radical (unpaired) electrons. The van der Waals surface area contributed by atoms with E-state index >= 15 is 0 Å². The molecule has 1 aliphatic rings. The fraction of sp³-hybridized carbons (Fsp3) is 0.588. The molecule has 2 N–H and O–H groups in total. The number of hydrogen-bond acceptors (Lipinski definition) is 4. The smallest absolute Gasteiger partial charge is 0.412 e. The lowest BCUT2D eigenvalue weighted by molar-refractivity contribution is 0.0636. The molecule has 1 heterocycles. The molecular weight excluding hydrogens is 278 g/mol. The van der Waals surface area contributed by atoms with Crippen LogP contribution in [0.25, 0.3) is 0 Å². The highest BCUT2D eigenvalue weighted by molar-refractivity contribution is 5.89. The Labute approximate surface area is 133 Å². The number of rotatable bonds is 3. The van der Waals surface area contributed by atoms with Gasteiger partial charge in [-0.05, 0) is 59.3 Å². The van der Waals surface area contributed by atoms with E-state index in [1.165, 1.54) is 6.42 Å². The molecule has 1 aliphatic heterocycles. The van der Waals surface area contributed by atoms with Crippen molar-refractivity contribution in [1.82, 2.24) is 4.90 Å². The summed E-state index contributed by atoms with van der Waals surface area (Å²) in [5, 5.41) is 6.37. The van der Waals surface area contributed by atoms with Crippen LogP contribution in [0.3, 0.4) is 0 Å². The maximum atomic E-state index is 12.0. The van der Waals surface area contributed by atoms with Gasteiger partial charge in [-0.1, -0.05) is 12.1 Å². The molecule has 5 heteroatoms. The SMILES string of the molecule is CN1CCCC(Nc2ccccc2NC(=O)OC(C)(C)C)C1. The summed E-state index contributed by atoms with van der Waals surface area (Å²) >= 11 is 0. The number of nitrogens with one attached hydrogen (secondary N) is 2. The number of ether oxygens (including phenoxy) is 1. The van der Waals surface area contributed by atoms with Crippen molar-refractivity contribution in [3.8, 4) is 0 Å². The van der Waals surface area contributed by atoms with Crippen molar-refractivity contribution in [3.05, 3.63) is 24.3 Å². The molecule has 0 saturated carbocycles. The lowest BCUT2D eigenvalue weighted by Gasteiger charge is -2.31. The predicted molar refractivity (Wildman–Crippen MR) is 90.4 cm³/mol. The third kappa shape index (κ3) is 5.22. The first-order valence-electron chi connectivity index (χ1n) is 7.87. The summed E-state index contributed by atoms with van der Waals surface area (Å²) in [6, 6.07) is 8.15. The quantitative estimate of drug-likeness (QED) is 0.897. The molecule has 2 rings (SSSR count). The first-order valence-corrected chi connectivity index (χ1v) is 7.87. The van der Waals surface area contributed by atoms with Crippen LogP contribution < -0.4 is 10.6 Å². The van der Waals surface area contributed by atoms with E-state index in [2.05, 4.69) is 22.6 Å². The number of anilines is 2. The van der Waals surface area contributed by atoms with Crippen LogP contribution in [0.5, 0.6) is 0 Å². The monoisotopic (exact) mass is 305 g/mol. The van der Waals surface area contributed by atoms with Crippen molar-refractivity contribution in [1.29, 1.82) is 0 Å². The van der Waals surface area contributed by atoms with Crippen molar-refractivity contribution in [2.75, 3.05) is 30.8 Å². The topological polar surface area (TPSA) is 53.6 Å². The van der Waals surface area contributed by atoms with Gasteiger partial charge in [0.15, 0.2) is 0 Å². The average molecular weight is 305 g/mol. The van der Waals surface area contributed by atoms with Gasteiger partial charge in [-0.25, -0.2) is 4.79 Å². The Kier molecular flexibility index (Phi) is 5.29. The second-order valence-electron chi connectivity index (χ2n) is 6.92. The number of benzene rings is 1. The van der Waals surface area contributed by atoms with Gasteiger partial charge in [0.25, 0.3) is 0 Å². The van der Waals surface area contributed by atoms with E-state index < -0.39 is 11.7 Å². The summed E-state index contributed by atoms with van der Waals surface area (Å²) < 4.78 is 5.32. The van der Waals surface area contributed by atoms with Crippen molar-refractivity contribution in [2.45, 2.75) is 45.3 Å². The summed E-state index contributed by atoms with van der Waals surface area (Å²) in [6.45, 7) is 7.73. The summed E-state index contributed by atoms with van der Waals surface area (Å²) in [7, 11) is 2.14. The lowest BCUT2D eigenvalue weighted by atomic mass is 10.1. The second-order valence-corrected chi connectivity index (χ2v) is 6.92. The highest BCUT2D eigenvalue weighted by Gasteiger charge is 2.20. The zero-order valence-corrected chi connectivity index (χ0v) is 14.0. The summed E-state index contributed by atoms with van der Waals surface area (Å²) in [5.41, 5.74) is 1.19. The Balaban J connectivity index is 2.02. The highest BCUT2D eigenvalue weighted by Crippen LogP contribution is 2.24. The Bertz CT molecular complexity index is 511. The number of likely N-dealkylation sites (N-methyl/N-ethyl adjacent to an activating group) is 1. The van der Waals surface area contributed by atoms with Crippen LogP contribution in [-0.2, 0) is 4.74 Å². The third-order valence-electron chi connectivity index (χ3n) is 3.55. The molecule has 1 aromatic carbocycles. The minimum atomic E-state index is -0.501. The van der Waals surface area contributed by atoms with E-state index in [9.17, 15) is 4.79 Å². The van der Waals surface area contributed by atoms with Crippen molar-refractivity contribution in [2.24, 2.45) is 0 Å². The van der Waals surface area contributed by atoms with Crippen LogP contribution in [0.4, 0.5) is 16.2 Å². The standard InChI is InChI=1S/C17H27N3O2/c1-17(2,3)22-16(21)19-15-10-6-5-9-14(15)18-13-8-7-11-20(4)12-13/h5-6,9-10,13,18H,7-8,11-12H2,1-4H3,(H,19,21). The van der Waals surface area contributed by atoms with Crippen LogP contribution >= 0.6 is 0 Å². The minimum Gasteiger partial charge on any atom is -0.444 e. The Hall–Kier alpha value is -1.75. The van der Waals surface area contributed by atoms with Crippen LogP contribution in [0, 0.1) is 0 Å². The minimum absolute atomic E-state index is 0.403. The predicted octanol–water partition coefficient (Wildman–Crippen LogP) is 3.54. The number of likely N-dealkylation sites (tertiary alicyclic amines) is 1. The molecule has 5 nitrogen and oxygen atoms in total. The van der Waals surface area contributed by atoms with E-state index in [-0.39, 0.29) is 0 Å². The number of hydrogen-bond donors (Lipinski definition) is 2. The third-order valence-corrected chi connectivity index (χ3v) is 3.55. The van der Waals surface area contributed by atoms with Crippen molar-refractivity contribution >= 4 is 17.5 Å². The molecule has 22 heavy (non-hydrogen) atoms. The molecule has 0 spiro atoms. The van der Waals surface area contributed by atoms with E-state index in [4.69, 9.17) is 4.74 Å². The summed E-state index contributed by atoms with van der Waals surface area (Å²) in [4.78, 5) is 14.3. The fourth-order valence-corrected chi connectivity index (χ4v) is 2.64. The zero-order chi connectivity index (χ0) is 16.2. The van der Waals surface area contributed by atoms with Crippen LogP contribution in [0.2, 0.25) is 0 Å². The van der Waals surface area contributed by atoms with Gasteiger partial charge in [0.2, 0.25) is 0 Å². The first kappa shape index (κ1) is 16.6. The molecule has 1 aromatic rings. The van der Waals surface area contributed by atoms with Gasteiger partial charge in [0.1, 0.15) is 5.60 Å². The van der Waals surface area contributed by atoms with Gasteiger partial charge in [-0.3, -0.25) is 5.32 Å². The molecule has 1 fully saturated rings. The first-order chi connectivity index (χ1) is 10.3. The maximum Gasteiger partial charge on any atom is 0.412 e. The largest absolute Gasteiger partial charge is 0.444 e. The zero-order valence-electron chi connectivity index (χ0n) is 14.0. The molecule has 1 atom stereocenters. The Morgan fingerprint density at radius 2 is 1.95 bits per heavy atom. The van der Waals surface area contributed by atoms with E-state index in [1.807, 2.05) is 45.0 Å². The van der Waals surface area contributed by atoms with Crippen LogP contribution in [0.1, 0.15) is 33.6 Å². The number of carbonyl (C=O) groups is 1. The van der Waals surface area contributed by atoms with Gasteiger partial charge in [0, 0.05) is 12.6 Å². The van der Waals surface area contributed by atoms with Gasteiger partial charge < -0.3 is 15.0 Å². The second kappa shape index (κ2) is 7.01. The summed E-state index contributed by atoms with van der Waals surface area (Å²) in [6.07, 6.45) is 1.91. The Morgan fingerprint density at radius 1 is 1.27 bits per heavy atom. The van der Waals surface area contributed by atoms with E-state index in [1.54, 1.807) is 0 Å². The normalized spacial score (nSPS) is 19.5. The maximum absolute atomic E-state index is 12.0. The van der Waals surface area contributed by atoms with Crippen molar-refractivity contribution < 1.29 is 9.53 Å². The number of nitrogens with zero attached hydrogens (tertiary/aromatic N) is 1. The lowest BCUT2D eigenvalue weighted by Crippen LogP contribution is -2.39. The molecule has 0 aromatic heterocycles. The van der Waals surface area contributed by atoms with Gasteiger partial charge in [-0.15, -0.1) is 0 Å². The van der Waals surface area contributed by atoms with E-state index in [0.717, 1.165) is 30.9 Å². The average Bonchev–Trinajstić information content (AvgIpc) is 2.39. The highest BCUT2D eigenvalue weighted by atomic mass is 16.6. The molecular formula is C17H27N3O2.